The average molecular weight is 241 g/mol. The molecule has 1 aliphatic carbocycles. The van der Waals surface area contributed by atoms with Crippen LogP contribution in [0.1, 0.15) is 58.8 Å². The first-order valence-electron chi connectivity index (χ1n) is 6.63. The fourth-order valence-electron chi connectivity index (χ4n) is 2.05. The minimum absolute atomic E-state index is 0.0572. The molecule has 98 valence electrons. The van der Waals surface area contributed by atoms with E-state index < -0.39 is 6.04 Å². The Kier molecular flexibility index (Phi) is 6.01. The summed E-state index contributed by atoms with van der Waals surface area (Å²) >= 11 is 0. The molecule has 1 rings (SSSR count). The largest absolute Gasteiger partial charge is 0.461 e. The second-order valence-electron chi connectivity index (χ2n) is 4.74. The van der Waals surface area contributed by atoms with Gasteiger partial charge in [0.15, 0.2) is 0 Å². The van der Waals surface area contributed by atoms with Gasteiger partial charge in [0.05, 0.1) is 0 Å². The van der Waals surface area contributed by atoms with Gasteiger partial charge >= 0.3 is 5.97 Å². The van der Waals surface area contributed by atoms with Crippen LogP contribution in [-0.4, -0.2) is 24.0 Å². The smallest absolute Gasteiger partial charge is 0.328 e. The van der Waals surface area contributed by atoms with Crippen molar-refractivity contribution < 1.29 is 14.3 Å². The standard InChI is InChI=1S/C13H23NO3/c1-3-7-12(15)14-10(2)13(16)17-11-8-5-4-6-9-11/h10-11H,3-9H2,1-2H3,(H,14,15)/t10-/m0/s1. The van der Waals surface area contributed by atoms with Crippen LogP contribution in [0.2, 0.25) is 0 Å². The fourth-order valence-corrected chi connectivity index (χ4v) is 2.05. The van der Waals surface area contributed by atoms with Crippen molar-refractivity contribution in [3.63, 3.8) is 0 Å². The van der Waals surface area contributed by atoms with E-state index >= 15 is 0 Å². The quantitative estimate of drug-likeness (QED) is 0.750. The molecule has 0 heterocycles. The molecule has 0 unspecified atom stereocenters. The lowest BCUT2D eigenvalue weighted by Gasteiger charge is -2.23. The zero-order chi connectivity index (χ0) is 12.7. The van der Waals surface area contributed by atoms with Crippen LogP contribution >= 0.6 is 0 Å². The molecule has 0 radical (unpaired) electrons. The predicted molar refractivity (Wildman–Crippen MR) is 65.5 cm³/mol. The number of carbonyl (C=O) groups is 2. The van der Waals surface area contributed by atoms with Gasteiger partial charge in [-0.25, -0.2) is 4.79 Å². The van der Waals surface area contributed by atoms with E-state index in [0.717, 1.165) is 32.1 Å². The Morgan fingerprint density at radius 1 is 1.29 bits per heavy atom. The first kappa shape index (κ1) is 14.0. The molecule has 0 aliphatic heterocycles. The van der Waals surface area contributed by atoms with Crippen LogP contribution in [0.15, 0.2) is 0 Å². The summed E-state index contributed by atoms with van der Waals surface area (Å²) in [6.45, 7) is 3.61. The molecule has 1 saturated carbocycles. The Labute approximate surface area is 103 Å². The summed E-state index contributed by atoms with van der Waals surface area (Å²) in [4.78, 5) is 23.0. The van der Waals surface area contributed by atoms with Gasteiger partial charge in [0, 0.05) is 6.42 Å². The van der Waals surface area contributed by atoms with E-state index in [2.05, 4.69) is 5.32 Å². The van der Waals surface area contributed by atoms with Gasteiger partial charge in [0.2, 0.25) is 5.91 Å². The van der Waals surface area contributed by atoms with Crippen molar-refractivity contribution in [2.45, 2.75) is 70.9 Å². The number of esters is 1. The van der Waals surface area contributed by atoms with Crippen LogP contribution in [0.5, 0.6) is 0 Å². The highest BCUT2D eigenvalue weighted by Crippen LogP contribution is 2.20. The highest BCUT2D eigenvalue weighted by molar-refractivity contribution is 5.84. The van der Waals surface area contributed by atoms with E-state index in [0.29, 0.717) is 6.42 Å². The van der Waals surface area contributed by atoms with Gasteiger partial charge in [-0.1, -0.05) is 13.3 Å². The van der Waals surface area contributed by atoms with Crippen LogP contribution < -0.4 is 5.32 Å². The topological polar surface area (TPSA) is 55.4 Å². The van der Waals surface area contributed by atoms with E-state index in [1.165, 1.54) is 6.42 Å². The lowest BCUT2D eigenvalue weighted by Crippen LogP contribution is -2.41. The summed E-state index contributed by atoms with van der Waals surface area (Å²) in [5.41, 5.74) is 0. The third-order valence-electron chi connectivity index (χ3n) is 3.04. The number of hydrogen-bond donors (Lipinski definition) is 1. The number of hydrogen-bond acceptors (Lipinski definition) is 3. The molecule has 0 bridgehead atoms. The second-order valence-corrected chi connectivity index (χ2v) is 4.74. The Balaban J connectivity index is 2.28. The van der Waals surface area contributed by atoms with E-state index in [4.69, 9.17) is 4.74 Å². The lowest BCUT2D eigenvalue weighted by molar-refractivity contribution is -0.153. The van der Waals surface area contributed by atoms with Crippen molar-refractivity contribution >= 4 is 11.9 Å². The number of carbonyl (C=O) groups excluding carboxylic acids is 2. The normalized spacial score (nSPS) is 18.5. The molecule has 0 aromatic carbocycles. The van der Waals surface area contributed by atoms with Crippen molar-refractivity contribution in [3.05, 3.63) is 0 Å². The van der Waals surface area contributed by atoms with Crippen molar-refractivity contribution in [1.29, 1.82) is 0 Å². The zero-order valence-corrected chi connectivity index (χ0v) is 10.8. The summed E-state index contributed by atoms with van der Waals surface area (Å²) in [5, 5.41) is 2.66. The number of ether oxygens (including phenoxy) is 1. The van der Waals surface area contributed by atoms with Gasteiger partial charge < -0.3 is 10.1 Å². The first-order chi connectivity index (χ1) is 8.13. The van der Waals surface area contributed by atoms with Crippen LogP contribution in [0.3, 0.4) is 0 Å². The minimum atomic E-state index is -0.532. The molecule has 1 amide bonds. The first-order valence-corrected chi connectivity index (χ1v) is 6.63. The van der Waals surface area contributed by atoms with Gasteiger partial charge in [-0.3, -0.25) is 4.79 Å². The van der Waals surface area contributed by atoms with Gasteiger partial charge in [-0.2, -0.15) is 0 Å². The maximum atomic E-state index is 11.7. The van der Waals surface area contributed by atoms with Crippen LogP contribution in [0.4, 0.5) is 0 Å². The van der Waals surface area contributed by atoms with Crippen molar-refractivity contribution in [2.24, 2.45) is 0 Å². The van der Waals surface area contributed by atoms with E-state index in [-0.39, 0.29) is 18.0 Å². The van der Waals surface area contributed by atoms with E-state index in [1.54, 1.807) is 6.92 Å². The minimum Gasteiger partial charge on any atom is -0.461 e. The third-order valence-corrected chi connectivity index (χ3v) is 3.04. The summed E-state index contributed by atoms with van der Waals surface area (Å²) in [7, 11) is 0. The van der Waals surface area contributed by atoms with E-state index in [9.17, 15) is 9.59 Å². The Morgan fingerprint density at radius 3 is 2.53 bits per heavy atom. The van der Waals surface area contributed by atoms with Crippen LogP contribution in [0, 0.1) is 0 Å². The van der Waals surface area contributed by atoms with Gasteiger partial charge in [0.25, 0.3) is 0 Å². The van der Waals surface area contributed by atoms with Crippen molar-refractivity contribution in [1.82, 2.24) is 5.32 Å². The fraction of sp³-hybridized carbons (Fsp3) is 0.846. The Hall–Kier alpha value is -1.06. The molecule has 1 aliphatic rings. The molecule has 17 heavy (non-hydrogen) atoms. The second kappa shape index (κ2) is 7.30. The molecule has 0 aromatic rings. The summed E-state index contributed by atoms with van der Waals surface area (Å²) in [5.74, 6) is -0.387. The number of rotatable bonds is 5. The molecular formula is C13H23NO3. The van der Waals surface area contributed by atoms with Crippen LogP contribution in [-0.2, 0) is 14.3 Å². The molecule has 4 heteroatoms. The highest BCUT2D eigenvalue weighted by atomic mass is 16.5. The third kappa shape index (κ3) is 5.20. The molecule has 0 spiro atoms. The predicted octanol–water partition coefficient (Wildman–Crippen LogP) is 2.17. The lowest BCUT2D eigenvalue weighted by atomic mass is 9.98. The Morgan fingerprint density at radius 2 is 1.94 bits per heavy atom. The molecular weight excluding hydrogens is 218 g/mol. The van der Waals surface area contributed by atoms with Gasteiger partial charge in [-0.15, -0.1) is 0 Å². The molecule has 1 N–H and O–H groups in total. The average Bonchev–Trinajstić information content (AvgIpc) is 2.30. The van der Waals surface area contributed by atoms with Crippen LogP contribution in [0.25, 0.3) is 0 Å². The van der Waals surface area contributed by atoms with E-state index in [1.807, 2.05) is 6.92 Å². The van der Waals surface area contributed by atoms with Gasteiger partial charge in [-0.05, 0) is 39.0 Å². The highest BCUT2D eigenvalue weighted by Gasteiger charge is 2.22. The molecule has 0 saturated heterocycles. The number of amides is 1. The molecule has 4 nitrogen and oxygen atoms in total. The maximum Gasteiger partial charge on any atom is 0.328 e. The number of nitrogens with one attached hydrogen (secondary N) is 1. The van der Waals surface area contributed by atoms with Gasteiger partial charge in [0.1, 0.15) is 12.1 Å². The van der Waals surface area contributed by atoms with Crippen molar-refractivity contribution in [2.75, 3.05) is 0 Å². The molecule has 1 atom stereocenters. The monoisotopic (exact) mass is 241 g/mol. The maximum absolute atomic E-state index is 11.7. The molecule has 0 aromatic heterocycles. The summed E-state index contributed by atoms with van der Waals surface area (Å²) in [6, 6.07) is -0.532. The summed E-state index contributed by atoms with van der Waals surface area (Å²) in [6.07, 6.45) is 6.72. The summed E-state index contributed by atoms with van der Waals surface area (Å²) < 4.78 is 5.38. The SMILES string of the molecule is CCCC(=O)N[C@@H](C)C(=O)OC1CCCCC1. The molecule has 1 fully saturated rings. The van der Waals surface area contributed by atoms with Crippen molar-refractivity contribution in [3.8, 4) is 0 Å². The zero-order valence-electron chi connectivity index (χ0n) is 10.8. The Bertz CT molecular complexity index is 259.